The smallest absolute Gasteiger partial charge is 0.410 e. The van der Waals surface area contributed by atoms with E-state index >= 15 is 0 Å². The van der Waals surface area contributed by atoms with E-state index in [1.165, 1.54) is 0 Å². The highest BCUT2D eigenvalue weighted by Crippen LogP contribution is 2.34. The summed E-state index contributed by atoms with van der Waals surface area (Å²) in [5, 5.41) is 0. The van der Waals surface area contributed by atoms with Crippen LogP contribution in [0.1, 0.15) is 44.2 Å². The first-order valence-electron chi connectivity index (χ1n) is 7.34. The molecule has 0 unspecified atom stereocenters. The molecule has 0 radical (unpaired) electrons. The van der Waals surface area contributed by atoms with Crippen LogP contribution in [0.15, 0.2) is 24.3 Å². The Labute approximate surface area is 126 Å². The normalized spacial score (nSPS) is 22.2. The van der Waals surface area contributed by atoms with Crippen LogP contribution in [0.25, 0.3) is 0 Å². The number of aldehydes is 1. The summed E-state index contributed by atoms with van der Waals surface area (Å²) in [6.45, 7) is 8.08. The van der Waals surface area contributed by atoms with Crippen molar-refractivity contribution in [1.29, 1.82) is 0 Å². The molecule has 1 heterocycles. The van der Waals surface area contributed by atoms with Crippen LogP contribution < -0.4 is 0 Å². The number of hydrogen-bond donors (Lipinski definition) is 0. The summed E-state index contributed by atoms with van der Waals surface area (Å²) in [6, 6.07) is 7.58. The van der Waals surface area contributed by atoms with E-state index in [1.54, 1.807) is 4.90 Å². The predicted octanol–water partition coefficient (Wildman–Crippen LogP) is 3.29. The maximum absolute atomic E-state index is 12.2. The van der Waals surface area contributed by atoms with Crippen molar-refractivity contribution in [3.63, 3.8) is 0 Å². The van der Waals surface area contributed by atoms with E-state index in [4.69, 9.17) is 4.74 Å². The number of likely N-dealkylation sites (tertiary alicyclic amines) is 1. The summed E-state index contributed by atoms with van der Waals surface area (Å²) in [6.07, 6.45) is 1.25. The van der Waals surface area contributed by atoms with Crippen LogP contribution in [-0.4, -0.2) is 35.5 Å². The van der Waals surface area contributed by atoms with Crippen molar-refractivity contribution in [2.24, 2.45) is 0 Å². The Balaban J connectivity index is 2.20. The topological polar surface area (TPSA) is 46.6 Å². The van der Waals surface area contributed by atoms with Crippen LogP contribution >= 0.6 is 0 Å². The van der Waals surface area contributed by atoms with E-state index in [0.29, 0.717) is 6.54 Å². The zero-order chi connectivity index (χ0) is 15.6. The van der Waals surface area contributed by atoms with Gasteiger partial charge < -0.3 is 9.53 Å². The number of hydrogen-bond acceptors (Lipinski definition) is 3. The van der Waals surface area contributed by atoms with Gasteiger partial charge in [-0.15, -0.1) is 0 Å². The number of amides is 1. The van der Waals surface area contributed by atoms with Gasteiger partial charge in [-0.1, -0.05) is 24.3 Å². The summed E-state index contributed by atoms with van der Waals surface area (Å²) in [5.74, 6) is 0.0521. The van der Waals surface area contributed by atoms with Crippen LogP contribution in [0.4, 0.5) is 4.79 Å². The highest BCUT2D eigenvalue weighted by Gasteiger charge is 2.40. The Bertz CT molecular complexity index is 533. The highest BCUT2D eigenvalue weighted by molar-refractivity contribution is 5.75. The summed E-state index contributed by atoms with van der Waals surface area (Å²) in [7, 11) is 0. The molecule has 2 atom stereocenters. The maximum Gasteiger partial charge on any atom is 0.410 e. The number of aryl methyl sites for hydroxylation is 1. The fourth-order valence-electron chi connectivity index (χ4n) is 2.86. The summed E-state index contributed by atoms with van der Waals surface area (Å²) < 4.78 is 5.40. The van der Waals surface area contributed by atoms with Gasteiger partial charge in [0.25, 0.3) is 0 Å². The van der Waals surface area contributed by atoms with Crippen molar-refractivity contribution in [3.8, 4) is 0 Å². The Kier molecular flexibility index (Phi) is 4.35. The SMILES string of the molecule is Cc1ccccc1[C@H]1CCN(C(=O)OC(C)(C)C)[C@@H]1C=O. The van der Waals surface area contributed by atoms with Crippen molar-refractivity contribution in [2.45, 2.75) is 51.7 Å². The zero-order valence-electron chi connectivity index (χ0n) is 13.1. The molecule has 0 saturated carbocycles. The summed E-state index contributed by atoms with van der Waals surface area (Å²) in [4.78, 5) is 25.3. The first-order valence-corrected chi connectivity index (χ1v) is 7.34. The van der Waals surface area contributed by atoms with E-state index in [9.17, 15) is 9.59 Å². The summed E-state index contributed by atoms with van der Waals surface area (Å²) >= 11 is 0. The lowest BCUT2D eigenvalue weighted by molar-refractivity contribution is -0.112. The molecule has 2 rings (SSSR count). The molecule has 21 heavy (non-hydrogen) atoms. The molecule has 4 nitrogen and oxygen atoms in total. The van der Waals surface area contributed by atoms with Gasteiger partial charge in [0.05, 0.1) is 6.04 Å². The van der Waals surface area contributed by atoms with Gasteiger partial charge in [-0.25, -0.2) is 4.79 Å². The number of benzene rings is 1. The quantitative estimate of drug-likeness (QED) is 0.785. The molecule has 1 aliphatic rings. The lowest BCUT2D eigenvalue weighted by Gasteiger charge is -2.28. The van der Waals surface area contributed by atoms with Gasteiger partial charge in [-0.05, 0) is 45.2 Å². The minimum Gasteiger partial charge on any atom is -0.444 e. The highest BCUT2D eigenvalue weighted by atomic mass is 16.6. The second kappa shape index (κ2) is 5.88. The molecule has 1 amide bonds. The van der Waals surface area contributed by atoms with Crippen LogP contribution in [-0.2, 0) is 9.53 Å². The molecule has 1 saturated heterocycles. The third-order valence-electron chi connectivity index (χ3n) is 3.81. The van der Waals surface area contributed by atoms with Crippen LogP contribution in [0.2, 0.25) is 0 Å². The average Bonchev–Trinajstić information content (AvgIpc) is 2.80. The minimum absolute atomic E-state index is 0.0521. The second-order valence-electron chi connectivity index (χ2n) is 6.55. The van der Waals surface area contributed by atoms with Crippen LogP contribution in [0.3, 0.4) is 0 Å². The molecule has 1 aliphatic heterocycles. The number of carbonyl (C=O) groups excluding carboxylic acids is 2. The van der Waals surface area contributed by atoms with Gasteiger partial charge in [0.2, 0.25) is 0 Å². The van der Waals surface area contributed by atoms with Crippen molar-refractivity contribution in [1.82, 2.24) is 4.90 Å². The molecule has 1 aromatic rings. The van der Waals surface area contributed by atoms with E-state index in [1.807, 2.05) is 52.0 Å². The Morgan fingerprint density at radius 1 is 1.33 bits per heavy atom. The summed E-state index contributed by atoms with van der Waals surface area (Å²) in [5.41, 5.74) is 1.74. The first-order chi connectivity index (χ1) is 9.83. The largest absolute Gasteiger partial charge is 0.444 e. The van der Waals surface area contributed by atoms with E-state index < -0.39 is 17.7 Å². The molecular weight excluding hydrogens is 266 g/mol. The van der Waals surface area contributed by atoms with Crippen molar-refractivity contribution in [2.75, 3.05) is 6.54 Å². The molecule has 114 valence electrons. The van der Waals surface area contributed by atoms with E-state index in [0.717, 1.165) is 23.8 Å². The predicted molar refractivity (Wildman–Crippen MR) is 81.3 cm³/mol. The minimum atomic E-state index is -0.550. The Morgan fingerprint density at radius 2 is 2.00 bits per heavy atom. The molecule has 0 bridgehead atoms. The molecule has 1 aromatic carbocycles. The Hall–Kier alpha value is -1.84. The van der Waals surface area contributed by atoms with Crippen molar-refractivity contribution in [3.05, 3.63) is 35.4 Å². The standard InChI is InChI=1S/C17H23NO3/c1-12-7-5-6-8-13(12)14-9-10-18(15(14)11-19)16(20)21-17(2,3)4/h5-8,11,14-15H,9-10H2,1-4H3/t14-,15-/m1/s1. The average molecular weight is 289 g/mol. The van der Waals surface area contributed by atoms with Gasteiger partial charge >= 0.3 is 6.09 Å². The number of ether oxygens (including phenoxy) is 1. The first kappa shape index (κ1) is 15.5. The monoisotopic (exact) mass is 289 g/mol. The lowest BCUT2D eigenvalue weighted by atomic mass is 9.89. The fraction of sp³-hybridized carbons (Fsp3) is 0.529. The van der Waals surface area contributed by atoms with Crippen molar-refractivity contribution < 1.29 is 14.3 Å². The number of carbonyl (C=O) groups is 2. The van der Waals surface area contributed by atoms with Gasteiger partial charge in [0.1, 0.15) is 11.9 Å². The second-order valence-corrected chi connectivity index (χ2v) is 6.55. The molecule has 0 aromatic heterocycles. The molecule has 0 N–H and O–H groups in total. The maximum atomic E-state index is 12.2. The zero-order valence-corrected chi connectivity index (χ0v) is 13.1. The Morgan fingerprint density at radius 3 is 2.57 bits per heavy atom. The molecule has 0 spiro atoms. The molecular formula is C17H23NO3. The number of rotatable bonds is 2. The lowest BCUT2D eigenvalue weighted by Crippen LogP contribution is -2.41. The number of nitrogens with zero attached hydrogens (tertiary/aromatic N) is 1. The third-order valence-corrected chi connectivity index (χ3v) is 3.81. The van der Waals surface area contributed by atoms with Crippen molar-refractivity contribution >= 4 is 12.4 Å². The van der Waals surface area contributed by atoms with Crippen LogP contribution in [0.5, 0.6) is 0 Å². The molecule has 1 fully saturated rings. The van der Waals surface area contributed by atoms with Gasteiger partial charge in [0.15, 0.2) is 0 Å². The molecule has 0 aliphatic carbocycles. The van der Waals surface area contributed by atoms with Gasteiger partial charge in [0, 0.05) is 12.5 Å². The van der Waals surface area contributed by atoms with Crippen LogP contribution in [0, 0.1) is 6.92 Å². The van der Waals surface area contributed by atoms with Gasteiger partial charge in [-0.3, -0.25) is 4.90 Å². The third kappa shape index (κ3) is 3.43. The van der Waals surface area contributed by atoms with Gasteiger partial charge in [-0.2, -0.15) is 0 Å². The fourth-order valence-corrected chi connectivity index (χ4v) is 2.86. The van der Waals surface area contributed by atoms with E-state index in [2.05, 4.69) is 0 Å². The molecule has 4 heteroatoms. The van der Waals surface area contributed by atoms with E-state index in [-0.39, 0.29) is 5.92 Å².